The average molecular weight is 247 g/mol. The summed E-state index contributed by atoms with van der Waals surface area (Å²) in [5, 5.41) is 12.3. The van der Waals surface area contributed by atoms with E-state index in [0.717, 1.165) is 11.3 Å². The Bertz CT molecular complexity index is 740. The zero-order valence-corrected chi connectivity index (χ0v) is 9.93. The lowest BCUT2D eigenvalue weighted by molar-refractivity contribution is 0.720. The third kappa shape index (κ3) is 2.19. The zero-order chi connectivity index (χ0) is 13.1. The summed E-state index contributed by atoms with van der Waals surface area (Å²) < 4.78 is 0. The van der Waals surface area contributed by atoms with Crippen LogP contribution in [0.5, 0.6) is 0 Å². The highest BCUT2D eigenvalue weighted by atomic mass is 15.6. The van der Waals surface area contributed by atoms with Gasteiger partial charge in [-0.3, -0.25) is 4.98 Å². The van der Waals surface area contributed by atoms with Crippen molar-refractivity contribution in [2.24, 2.45) is 0 Å². The molecule has 1 aromatic carbocycles. The molecule has 5 heteroatoms. The van der Waals surface area contributed by atoms with Crippen LogP contribution in [0.2, 0.25) is 0 Å². The molecular formula is C14H9N5. The predicted octanol–water partition coefficient (Wildman–Crippen LogP) is 1.71. The molecule has 19 heavy (non-hydrogen) atoms. The van der Waals surface area contributed by atoms with Crippen molar-refractivity contribution >= 4 is 0 Å². The van der Waals surface area contributed by atoms with Gasteiger partial charge in [0, 0.05) is 11.8 Å². The van der Waals surface area contributed by atoms with Gasteiger partial charge in [0.15, 0.2) is 0 Å². The van der Waals surface area contributed by atoms with Crippen LogP contribution in [0.3, 0.4) is 0 Å². The molecular weight excluding hydrogens is 238 g/mol. The fraction of sp³-hybridized carbons (Fsp3) is 0. The molecule has 2 aromatic heterocycles. The summed E-state index contributed by atoms with van der Waals surface area (Å²) in [7, 11) is 0. The second kappa shape index (κ2) is 4.70. The summed E-state index contributed by atoms with van der Waals surface area (Å²) in [6, 6.07) is 12.9. The Hall–Kier alpha value is -3.00. The Morgan fingerprint density at radius 1 is 1.11 bits per heavy atom. The minimum atomic E-state index is 0.478. The van der Waals surface area contributed by atoms with Gasteiger partial charge >= 0.3 is 0 Å². The molecule has 0 saturated heterocycles. The molecule has 0 amide bonds. The molecule has 90 valence electrons. The van der Waals surface area contributed by atoms with Gasteiger partial charge in [-0.25, -0.2) is 0 Å². The van der Waals surface area contributed by atoms with Crippen LogP contribution in [-0.4, -0.2) is 25.2 Å². The van der Waals surface area contributed by atoms with Crippen molar-refractivity contribution in [1.82, 2.24) is 25.2 Å². The smallest absolute Gasteiger partial charge is 0.223 e. The van der Waals surface area contributed by atoms with E-state index in [1.54, 1.807) is 6.20 Å². The molecule has 0 aliphatic heterocycles. The molecule has 0 spiro atoms. The van der Waals surface area contributed by atoms with Crippen LogP contribution in [0.4, 0.5) is 0 Å². The molecule has 0 radical (unpaired) electrons. The average Bonchev–Trinajstić information content (AvgIpc) is 2.98. The van der Waals surface area contributed by atoms with E-state index in [1.807, 2.05) is 42.5 Å². The van der Waals surface area contributed by atoms with Gasteiger partial charge in [-0.15, -0.1) is 21.4 Å². The van der Waals surface area contributed by atoms with E-state index in [1.165, 1.54) is 4.80 Å². The number of nitrogens with zero attached hydrogens (tertiary/aromatic N) is 5. The lowest BCUT2D eigenvalue weighted by Crippen LogP contribution is -1.99. The van der Waals surface area contributed by atoms with Crippen LogP contribution in [0.25, 0.3) is 17.2 Å². The Kier molecular flexibility index (Phi) is 2.75. The third-order valence-corrected chi connectivity index (χ3v) is 2.55. The molecule has 3 rings (SSSR count). The molecule has 0 saturated carbocycles. The highest BCUT2D eigenvalue weighted by Gasteiger charge is 2.07. The van der Waals surface area contributed by atoms with Gasteiger partial charge in [0.25, 0.3) is 0 Å². The standard InChI is InChI=1S/C14H9N5/c1-2-11-6-5-7-12(10-11)19-17-14(16-18-19)13-8-3-4-9-15-13/h1,3-10H. The van der Waals surface area contributed by atoms with Gasteiger partial charge < -0.3 is 0 Å². The van der Waals surface area contributed by atoms with Gasteiger partial charge in [0.2, 0.25) is 5.82 Å². The quantitative estimate of drug-likeness (QED) is 0.647. The Balaban J connectivity index is 2.00. The van der Waals surface area contributed by atoms with E-state index in [-0.39, 0.29) is 0 Å². The number of aromatic nitrogens is 5. The molecule has 0 N–H and O–H groups in total. The SMILES string of the molecule is C#Cc1cccc(-n2nnc(-c3ccccn3)n2)c1. The first-order valence-corrected chi connectivity index (χ1v) is 5.65. The van der Waals surface area contributed by atoms with Gasteiger partial charge in [0.05, 0.1) is 5.69 Å². The molecule has 0 aliphatic carbocycles. The number of pyridine rings is 1. The van der Waals surface area contributed by atoms with Gasteiger partial charge in [-0.2, -0.15) is 0 Å². The lowest BCUT2D eigenvalue weighted by Gasteiger charge is -1.98. The van der Waals surface area contributed by atoms with E-state index >= 15 is 0 Å². The van der Waals surface area contributed by atoms with Gasteiger partial charge in [-0.1, -0.05) is 18.1 Å². The maximum absolute atomic E-state index is 5.37. The first-order valence-electron chi connectivity index (χ1n) is 5.65. The van der Waals surface area contributed by atoms with Crippen LogP contribution >= 0.6 is 0 Å². The fourth-order valence-corrected chi connectivity index (χ4v) is 1.64. The summed E-state index contributed by atoms with van der Waals surface area (Å²) in [6.45, 7) is 0. The third-order valence-electron chi connectivity index (χ3n) is 2.55. The minimum Gasteiger partial charge on any atom is -0.253 e. The van der Waals surface area contributed by atoms with Crippen LogP contribution in [0.15, 0.2) is 48.7 Å². The number of rotatable bonds is 2. The van der Waals surface area contributed by atoms with E-state index < -0.39 is 0 Å². The summed E-state index contributed by atoms with van der Waals surface area (Å²) in [5.74, 6) is 3.05. The van der Waals surface area contributed by atoms with Crippen molar-refractivity contribution in [2.75, 3.05) is 0 Å². The van der Waals surface area contributed by atoms with E-state index in [4.69, 9.17) is 6.42 Å². The topological polar surface area (TPSA) is 56.5 Å². The Morgan fingerprint density at radius 3 is 2.84 bits per heavy atom. The normalized spacial score (nSPS) is 10.1. The van der Waals surface area contributed by atoms with Crippen LogP contribution < -0.4 is 0 Å². The second-order valence-corrected chi connectivity index (χ2v) is 3.81. The van der Waals surface area contributed by atoms with Gasteiger partial charge in [-0.05, 0) is 35.5 Å². The van der Waals surface area contributed by atoms with E-state index in [9.17, 15) is 0 Å². The largest absolute Gasteiger partial charge is 0.253 e. The molecule has 0 aliphatic rings. The number of tetrazole rings is 1. The van der Waals surface area contributed by atoms with Crippen molar-refractivity contribution in [3.05, 3.63) is 54.2 Å². The Morgan fingerprint density at radius 2 is 2.05 bits per heavy atom. The highest BCUT2D eigenvalue weighted by molar-refractivity contribution is 5.47. The van der Waals surface area contributed by atoms with Crippen molar-refractivity contribution in [3.8, 4) is 29.5 Å². The minimum absolute atomic E-state index is 0.478. The summed E-state index contributed by atoms with van der Waals surface area (Å²) in [6.07, 6.45) is 7.06. The van der Waals surface area contributed by atoms with Crippen molar-refractivity contribution in [2.45, 2.75) is 0 Å². The van der Waals surface area contributed by atoms with E-state index in [0.29, 0.717) is 11.5 Å². The maximum atomic E-state index is 5.37. The molecule has 2 heterocycles. The number of hydrogen-bond acceptors (Lipinski definition) is 4. The molecule has 3 aromatic rings. The zero-order valence-electron chi connectivity index (χ0n) is 9.93. The molecule has 0 unspecified atom stereocenters. The van der Waals surface area contributed by atoms with Crippen LogP contribution in [-0.2, 0) is 0 Å². The predicted molar refractivity (Wildman–Crippen MR) is 70.3 cm³/mol. The van der Waals surface area contributed by atoms with Crippen LogP contribution in [0.1, 0.15) is 5.56 Å². The number of benzene rings is 1. The van der Waals surface area contributed by atoms with Gasteiger partial charge in [0.1, 0.15) is 5.69 Å². The highest BCUT2D eigenvalue weighted by Crippen LogP contribution is 2.12. The summed E-state index contributed by atoms with van der Waals surface area (Å²) in [4.78, 5) is 5.61. The Labute approximate surface area is 109 Å². The van der Waals surface area contributed by atoms with Crippen LogP contribution in [0, 0.1) is 12.3 Å². The summed E-state index contributed by atoms with van der Waals surface area (Å²) in [5.41, 5.74) is 2.22. The molecule has 0 fully saturated rings. The number of terminal acetylenes is 1. The molecule has 5 nitrogen and oxygen atoms in total. The molecule has 0 bridgehead atoms. The second-order valence-electron chi connectivity index (χ2n) is 3.81. The van der Waals surface area contributed by atoms with E-state index in [2.05, 4.69) is 26.3 Å². The molecule has 0 atom stereocenters. The van der Waals surface area contributed by atoms with Crippen molar-refractivity contribution in [1.29, 1.82) is 0 Å². The van der Waals surface area contributed by atoms with Crippen molar-refractivity contribution in [3.63, 3.8) is 0 Å². The maximum Gasteiger partial charge on any atom is 0.223 e. The number of hydrogen-bond donors (Lipinski definition) is 0. The van der Waals surface area contributed by atoms with Crippen molar-refractivity contribution < 1.29 is 0 Å². The summed E-state index contributed by atoms with van der Waals surface area (Å²) >= 11 is 0. The monoisotopic (exact) mass is 247 g/mol. The first-order chi connectivity index (χ1) is 9.36. The fourth-order valence-electron chi connectivity index (χ4n) is 1.64. The first kappa shape index (κ1) is 11.1. The lowest BCUT2D eigenvalue weighted by atomic mass is 10.2.